The summed E-state index contributed by atoms with van der Waals surface area (Å²) in [6, 6.07) is 22.3. The van der Waals surface area contributed by atoms with Crippen LogP contribution in [0.4, 0.5) is 9.59 Å². The number of carbonyl (C=O) groups is 4. The van der Waals surface area contributed by atoms with E-state index < -0.39 is 48.2 Å². The van der Waals surface area contributed by atoms with Crippen LogP contribution in [0.3, 0.4) is 0 Å². The maximum atomic E-state index is 13.2. The van der Waals surface area contributed by atoms with Gasteiger partial charge in [-0.3, -0.25) is 19.6 Å². The summed E-state index contributed by atoms with van der Waals surface area (Å²) in [5.74, 6) is 0.189. The van der Waals surface area contributed by atoms with Gasteiger partial charge in [-0.1, -0.05) is 60.7 Å². The molecule has 4 aromatic heterocycles. The second-order valence-corrected chi connectivity index (χ2v) is 12.6. The van der Waals surface area contributed by atoms with Crippen LogP contribution in [0.2, 0.25) is 0 Å². The molecule has 0 aliphatic carbocycles. The van der Waals surface area contributed by atoms with Crippen molar-refractivity contribution in [3.05, 3.63) is 132 Å². The molecule has 0 saturated carbocycles. The van der Waals surface area contributed by atoms with E-state index in [-0.39, 0.29) is 0 Å². The van der Waals surface area contributed by atoms with Crippen LogP contribution in [0.25, 0.3) is 33.9 Å². The van der Waals surface area contributed by atoms with Gasteiger partial charge in [-0.05, 0) is 49.2 Å². The first kappa shape index (κ1) is 38.4. The van der Waals surface area contributed by atoms with Crippen LogP contribution in [0.15, 0.2) is 110 Å². The third-order valence-corrected chi connectivity index (χ3v) is 8.83. The SMILES string of the molecule is COC(=O)N[C@H](C(=O)N[C@@H](C)c1ncc(-c2ccc(-c3ccc(-c4cnc([C@@H](C)NC(=O)[C@H](NC(=O)OC)c5ccccc5)[nH]4)cn3)nc2)[nH]1)c1ccccc1. The van der Waals surface area contributed by atoms with Crippen molar-refractivity contribution < 1.29 is 28.7 Å². The number of alkyl carbamates (subject to hydrolysis) is 2. The molecule has 6 aromatic rings. The van der Waals surface area contributed by atoms with Gasteiger partial charge in [-0.25, -0.2) is 19.6 Å². The predicted molar refractivity (Wildman–Crippen MR) is 205 cm³/mol. The highest BCUT2D eigenvalue weighted by Gasteiger charge is 2.27. The second kappa shape index (κ2) is 17.6. The number of benzene rings is 2. The van der Waals surface area contributed by atoms with E-state index in [0.29, 0.717) is 45.6 Å². The Bertz CT molecular complexity index is 2100. The number of ether oxygens (including phenoxy) is 2. The fraction of sp³-hybridized carbons (Fsp3) is 0.200. The average Bonchev–Trinajstić information content (AvgIpc) is 3.94. The van der Waals surface area contributed by atoms with E-state index in [4.69, 9.17) is 9.47 Å². The minimum absolute atomic E-state index is 0.424. The maximum absolute atomic E-state index is 13.2. The average molecular weight is 757 g/mol. The normalized spacial score (nSPS) is 13.0. The van der Waals surface area contributed by atoms with E-state index in [1.54, 1.807) is 87.2 Å². The lowest BCUT2D eigenvalue weighted by Gasteiger charge is -2.20. The number of hydrogen-bond donors (Lipinski definition) is 6. The van der Waals surface area contributed by atoms with Gasteiger partial charge in [0.15, 0.2) is 0 Å². The van der Waals surface area contributed by atoms with E-state index in [2.05, 4.69) is 51.2 Å². The molecule has 4 amide bonds. The zero-order valence-electron chi connectivity index (χ0n) is 30.9. The van der Waals surface area contributed by atoms with Crippen molar-refractivity contribution in [3.63, 3.8) is 0 Å². The van der Waals surface area contributed by atoms with Gasteiger partial charge in [0, 0.05) is 23.5 Å². The molecule has 16 heteroatoms. The van der Waals surface area contributed by atoms with E-state index in [9.17, 15) is 19.2 Å². The van der Waals surface area contributed by atoms with Crippen LogP contribution in [-0.2, 0) is 19.1 Å². The Labute approximate surface area is 321 Å². The topological polar surface area (TPSA) is 218 Å². The fourth-order valence-electron chi connectivity index (χ4n) is 5.79. The third kappa shape index (κ3) is 9.22. The summed E-state index contributed by atoms with van der Waals surface area (Å²) in [6.45, 7) is 3.57. The first-order valence-corrected chi connectivity index (χ1v) is 17.6. The Hall–Kier alpha value is -7.36. The number of nitrogens with one attached hydrogen (secondary N) is 6. The second-order valence-electron chi connectivity index (χ2n) is 12.6. The zero-order valence-corrected chi connectivity index (χ0v) is 30.9. The molecule has 56 heavy (non-hydrogen) atoms. The number of nitrogens with zero attached hydrogens (tertiary/aromatic N) is 4. The van der Waals surface area contributed by atoms with Gasteiger partial charge in [0.05, 0.1) is 61.5 Å². The van der Waals surface area contributed by atoms with Crippen molar-refractivity contribution >= 4 is 24.0 Å². The predicted octanol–water partition coefficient (Wildman–Crippen LogP) is 5.47. The van der Waals surface area contributed by atoms with Crippen LogP contribution in [0.1, 0.15) is 60.8 Å². The summed E-state index contributed by atoms with van der Waals surface area (Å²) < 4.78 is 9.43. The largest absolute Gasteiger partial charge is 0.453 e. The van der Waals surface area contributed by atoms with Gasteiger partial charge in [-0.15, -0.1) is 0 Å². The highest BCUT2D eigenvalue weighted by atomic mass is 16.5. The molecule has 0 aliphatic rings. The molecule has 0 saturated heterocycles. The van der Waals surface area contributed by atoms with E-state index in [1.165, 1.54) is 14.2 Å². The quantitative estimate of drug-likeness (QED) is 0.0873. The fourth-order valence-corrected chi connectivity index (χ4v) is 5.79. The van der Waals surface area contributed by atoms with E-state index >= 15 is 0 Å². The molecule has 0 fully saturated rings. The molecule has 6 rings (SSSR count). The van der Waals surface area contributed by atoms with Crippen molar-refractivity contribution in [1.82, 2.24) is 51.2 Å². The van der Waals surface area contributed by atoms with Crippen molar-refractivity contribution in [2.45, 2.75) is 38.0 Å². The number of methoxy groups -OCH3 is 2. The lowest BCUT2D eigenvalue weighted by atomic mass is 10.1. The third-order valence-electron chi connectivity index (χ3n) is 8.83. The molecule has 6 N–H and O–H groups in total. The van der Waals surface area contributed by atoms with Crippen LogP contribution in [-0.4, -0.2) is 68.1 Å². The van der Waals surface area contributed by atoms with Crippen LogP contribution >= 0.6 is 0 Å². The Morgan fingerprint density at radius 3 is 1.25 bits per heavy atom. The summed E-state index contributed by atoms with van der Waals surface area (Å²) in [7, 11) is 2.47. The summed E-state index contributed by atoms with van der Waals surface area (Å²) in [4.78, 5) is 75.0. The molecule has 0 radical (unpaired) electrons. The Kier molecular flexibility index (Phi) is 12.1. The number of amides is 4. The van der Waals surface area contributed by atoms with Gasteiger partial charge < -0.3 is 40.7 Å². The zero-order chi connectivity index (χ0) is 39.6. The van der Waals surface area contributed by atoms with Crippen molar-refractivity contribution in [3.8, 4) is 33.9 Å². The lowest BCUT2D eigenvalue weighted by molar-refractivity contribution is -0.124. The van der Waals surface area contributed by atoms with Gasteiger partial charge in [0.2, 0.25) is 11.8 Å². The number of rotatable bonds is 13. The van der Waals surface area contributed by atoms with Crippen molar-refractivity contribution in [2.24, 2.45) is 0 Å². The number of hydrogen-bond acceptors (Lipinski definition) is 10. The highest BCUT2D eigenvalue weighted by Crippen LogP contribution is 2.25. The Balaban J connectivity index is 1.07. The summed E-state index contributed by atoms with van der Waals surface area (Å²) in [5.41, 5.74) is 5.47. The summed E-state index contributed by atoms with van der Waals surface area (Å²) in [5, 5.41) is 11.0. The van der Waals surface area contributed by atoms with Crippen LogP contribution in [0, 0.1) is 0 Å². The van der Waals surface area contributed by atoms with E-state index in [0.717, 1.165) is 11.1 Å². The van der Waals surface area contributed by atoms with Gasteiger partial charge in [0.1, 0.15) is 23.7 Å². The lowest BCUT2D eigenvalue weighted by Crippen LogP contribution is -2.41. The minimum Gasteiger partial charge on any atom is -0.453 e. The first-order valence-electron chi connectivity index (χ1n) is 17.6. The molecule has 0 unspecified atom stereocenters. The molecular formula is C40H40N10O6. The van der Waals surface area contributed by atoms with Gasteiger partial charge in [0.25, 0.3) is 0 Å². The van der Waals surface area contributed by atoms with Gasteiger partial charge in [-0.2, -0.15) is 0 Å². The molecule has 0 aliphatic heterocycles. The highest BCUT2D eigenvalue weighted by molar-refractivity contribution is 5.88. The maximum Gasteiger partial charge on any atom is 0.407 e. The standard InChI is InChI=1S/C40H40N10O6/c1-23(45-37(51)33(49-39(53)55-3)25-11-7-5-8-12-25)35-43-21-31(47-35)27-15-17-29(41-19-27)30-18-16-28(20-42-30)32-22-44-36(48-32)24(2)46-38(52)34(50-40(54)56-4)26-13-9-6-10-14-26/h5-24,33-34H,1-4H3,(H,43,47)(H,44,48)(H,45,51)(H,46,52)(H,49,53)(H,50,54)/t23-,24+,33-,34+. The number of imidazole rings is 2. The number of carbonyl (C=O) groups excluding carboxylic acids is 4. The number of H-pyrrole nitrogens is 2. The van der Waals surface area contributed by atoms with Gasteiger partial charge >= 0.3 is 12.2 Å². The van der Waals surface area contributed by atoms with E-state index in [1.807, 2.05) is 36.4 Å². The molecule has 16 nitrogen and oxygen atoms in total. The van der Waals surface area contributed by atoms with Crippen molar-refractivity contribution in [1.29, 1.82) is 0 Å². The molecule has 4 atom stereocenters. The van der Waals surface area contributed by atoms with Crippen LogP contribution in [0.5, 0.6) is 0 Å². The monoisotopic (exact) mass is 756 g/mol. The van der Waals surface area contributed by atoms with Crippen molar-refractivity contribution in [2.75, 3.05) is 14.2 Å². The number of aromatic amines is 2. The number of pyridine rings is 2. The molecule has 2 aromatic carbocycles. The molecule has 0 bridgehead atoms. The van der Waals surface area contributed by atoms with Crippen LogP contribution < -0.4 is 21.3 Å². The minimum atomic E-state index is -0.960. The Morgan fingerprint density at radius 1 is 0.518 bits per heavy atom. The molecule has 286 valence electrons. The smallest absolute Gasteiger partial charge is 0.407 e. The summed E-state index contributed by atoms with van der Waals surface area (Å²) in [6.07, 6.45) is 5.28. The first-order chi connectivity index (χ1) is 27.1. The molecular weight excluding hydrogens is 717 g/mol. The molecule has 4 heterocycles. The molecule has 0 spiro atoms. The summed E-state index contributed by atoms with van der Waals surface area (Å²) >= 11 is 0. The Morgan fingerprint density at radius 2 is 0.911 bits per heavy atom. The number of aromatic nitrogens is 6.